The Morgan fingerprint density at radius 1 is 1.10 bits per heavy atom. The molecule has 0 bridgehead atoms. The van der Waals surface area contributed by atoms with Gasteiger partial charge in [-0.1, -0.05) is 24.3 Å². The van der Waals surface area contributed by atoms with Gasteiger partial charge in [-0.05, 0) is 55.2 Å². The normalized spacial score (nSPS) is 12.3. The number of halogens is 1. The summed E-state index contributed by atoms with van der Waals surface area (Å²) >= 11 is 0. The van der Waals surface area contributed by atoms with Crippen LogP contribution in [0.2, 0.25) is 0 Å². The van der Waals surface area contributed by atoms with Crippen LogP contribution >= 0.6 is 0 Å². The van der Waals surface area contributed by atoms with Crippen LogP contribution in [0.5, 0.6) is 0 Å². The van der Waals surface area contributed by atoms with E-state index in [0.717, 1.165) is 17.5 Å². The zero-order valence-electron chi connectivity index (χ0n) is 17.4. The molecule has 0 aliphatic carbocycles. The topological polar surface area (TPSA) is 73.8 Å². The smallest absolute Gasteiger partial charge is 0.242 e. The molecule has 0 saturated carbocycles. The van der Waals surface area contributed by atoms with Crippen LogP contribution in [-0.2, 0) is 23.0 Å². The second-order valence-electron chi connectivity index (χ2n) is 6.84. The summed E-state index contributed by atoms with van der Waals surface area (Å²) in [5, 5.41) is 6.41. The van der Waals surface area contributed by atoms with Crippen molar-refractivity contribution >= 4 is 16.0 Å². The van der Waals surface area contributed by atoms with Crippen LogP contribution in [0.25, 0.3) is 0 Å². The zero-order valence-corrected chi connectivity index (χ0v) is 18.2. The third-order valence-electron chi connectivity index (χ3n) is 4.47. The van der Waals surface area contributed by atoms with Crippen LogP contribution in [0.3, 0.4) is 0 Å². The summed E-state index contributed by atoms with van der Waals surface area (Å²) in [4.78, 5) is 4.79. The number of rotatable bonds is 8. The molecule has 158 valence electrons. The number of sulfonamides is 1. The highest BCUT2D eigenvalue weighted by molar-refractivity contribution is 7.89. The van der Waals surface area contributed by atoms with Crippen LogP contribution in [0, 0.1) is 12.7 Å². The van der Waals surface area contributed by atoms with Gasteiger partial charge in [-0.2, -0.15) is 0 Å². The molecule has 0 radical (unpaired) electrons. The summed E-state index contributed by atoms with van der Waals surface area (Å²) < 4.78 is 39.5. The highest BCUT2D eigenvalue weighted by Gasteiger charge is 2.20. The van der Waals surface area contributed by atoms with Crippen molar-refractivity contribution in [2.45, 2.75) is 31.7 Å². The number of hydrogen-bond acceptors (Lipinski definition) is 3. The van der Waals surface area contributed by atoms with Gasteiger partial charge in [0.1, 0.15) is 5.82 Å². The summed E-state index contributed by atoms with van der Waals surface area (Å²) in [5.74, 6) is 0.366. The summed E-state index contributed by atoms with van der Waals surface area (Å²) in [6, 6.07) is 11.7. The van der Waals surface area contributed by atoms with Gasteiger partial charge in [-0.15, -0.1) is 0 Å². The van der Waals surface area contributed by atoms with Gasteiger partial charge in [0.25, 0.3) is 0 Å². The number of aliphatic imine (C=N–C) groups is 1. The molecule has 0 amide bonds. The molecular weight excluding hydrogens is 391 g/mol. The molecule has 0 unspecified atom stereocenters. The number of benzene rings is 2. The molecule has 2 rings (SSSR count). The Hall–Kier alpha value is -2.45. The van der Waals surface area contributed by atoms with E-state index in [-0.39, 0.29) is 17.3 Å². The molecule has 0 atom stereocenters. The van der Waals surface area contributed by atoms with E-state index in [1.165, 1.54) is 30.5 Å². The van der Waals surface area contributed by atoms with Gasteiger partial charge in [0.2, 0.25) is 10.0 Å². The first-order chi connectivity index (χ1) is 13.8. The van der Waals surface area contributed by atoms with Gasteiger partial charge >= 0.3 is 0 Å². The van der Waals surface area contributed by atoms with Crippen LogP contribution in [0.1, 0.15) is 23.6 Å². The molecule has 0 fully saturated rings. The molecule has 29 heavy (non-hydrogen) atoms. The number of guanidine groups is 1. The first-order valence-corrected chi connectivity index (χ1v) is 11.0. The van der Waals surface area contributed by atoms with E-state index in [1.54, 1.807) is 30.3 Å². The Labute approximate surface area is 172 Å². The number of nitrogens with zero attached hydrogens (tertiary/aromatic N) is 2. The lowest BCUT2D eigenvalue weighted by Crippen LogP contribution is -2.38. The fourth-order valence-corrected chi connectivity index (χ4v) is 3.95. The lowest BCUT2D eigenvalue weighted by atomic mass is 10.1. The highest BCUT2D eigenvalue weighted by Crippen LogP contribution is 2.19. The molecule has 8 heteroatoms. The lowest BCUT2D eigenvalue weighted by molar-refractivity contribution is 0.519. The minimum absolute atomic E-state index is 0.230. The average Bonchev–Trinajstić information content (AvgIpc) is 2.67. The highest BCUT2D eigenvalue weighted by atomic mass is 32.2. The second-order valence-corrected chi connectivity index (χ2v) is 8.96. The van der Waals surface area contributed by atoms with Gasteiger partial charge in [0.15, 0.2) is 5.96 Å². The van der Waals surface area contributed by atoms with Crippen molar-refractivity contribution in [3.63, 3.8) is 0 Å². The van der Waals surface area contributed by atoms with E-state index in [9.17, 15) is 12.8 Å². The predicted molar refractivity (Wildman–Crippen MR) is 115 cm³/mol. The molecule has 2 aromatic carbocycles. The van der Waals surface area contributed by atoms with E-state index >= 15 is 0 Å². The van der Waals surface area contributed by atoms with Gasteiger partial charge in [0, 0.05) is 27.2 Å². The van der Waals surface area contributed by atoms with Crippen molar-refractivity contribution in [2.75, 3.05) is 27.2 Å². The van der Waals surface area contributed by atoms with Crippen molar-refractivity contribution in [1.82, 2.24) is 14.9 Å². The average molecular weight is 421 g/mol. The molecule has 2 aromatic rings. The van der Waals surface area contributed by atoms with Crippen molar-refractivity contribution in [3.05, 3.63) is 65.0 Å². The zero-order chi connectivity index (χ0) is 21.4. The van der Waals surface area contributed by atoms with Gasteiger partial charge in [-0.25, -0.2) is 22.1 Å². The first-order valence-electron chi connectivity index (χ1n) is 9.53. The summed E-state index contributed by atoms with van der Waals surface area (Å²) in [7, 11) is -0.512. The van der Waals surface area contributed by atoms with Crippen LogP contribution < -0.4 is 10.6 Å². The fraction of sp³-hybridized carbons (Fsp3) is 0.381. The molecule has 0 aliphatic rings. The summed E-state index contributed by atoms with van der Waals surface area (Å²) in [5.41, 5.74) is 2.61. The maximum atomic E-state index is 13.2. The maximum Gasteiger partial charge on any atom is 0.242 e. The predicted octanol–water partition coefficient (Wildman–Crippen LogP) is 2.68. The summed E-state index contributed by atoms with van der Waals surface area (Å²) in [6.45, 7) is 5.38. The van der Waals surface area contributed by atoms with Gasteiger partial charge < -0.3 is 10.6 Å². The van der Waals surface area contributed by atoms with Crippen LogP contribution in [0.15, 0.2) is 52.4 Å². The van der Waals surface area contributed by atoms with E-state index in [2.05, 4.69) is 15.6 Å². The molecule has 0 aliphatic heterocycles. The minimum Gasteiger partial charge on any atom is -0.357 e. The van der Waals surface area contributed by atoms with Gasteiger partial charge in [-0.3, -0.25) is 0 Å². The molecule has 0 heterocycles. The quantitative estimate of drug-likeness (QED) is 0.509. The maximum absolute atomic E-state index is 13.2. The molecule has 0 spiro atoms. The second kappa shape index (κ2) is 10.4. The minimum atomic E-state index is -3.54. The molecule has 0 aromatic heterocycles. The molecular formula is C21H29FN4O2S. The summed E-state index contributed by atoms with van der Waals surface area (Å²) in [6.07, 6.45) is 0.724. The van der Waals surface area contributed by atoms with E-state index in [4.69, 9.17) is 0 Å². The van der Waals surface area contributed by atoms with Crippen molar-refractivity contribution < 1.29 is 12.8 Å². The monoisotopic (exact) mass is 420 g/mol. The Kier molecular flexibility index (Phi) is 8.16. The van der Waals surface area contributed by atoms with Crippen LogP contribution in [0.4, 0.5) is 4.39 Å². The first kappa shape index (κ1) is 22.8. The third-order valence-corrected chi connectivity index (χ3v) is 6.39. The largest absolute Gasteiger partial charge is 0.357 e. The van der Waals surface area contributed by atoms with E-state index < -0.39 is 10.0 Å². The number of hydrogen-bond donors (Lipinski definition) is 2. The van der Waals surface area contributed by atoms with E-state index in [0.29, 0.717) is 24.6 Å². The fourth-order valence-electron chi connectivity index (χ4n) is 2.84. The van der Waals surface area contributed by atoms with Gasteiger partial charge in [0.05, 0.1) is 11.4 Å². The Bertz CT molecular complexity index is 959. The molecule has 6 nitrogen and oxygen atoms in total. The standard InChI is InChI=1S/C21H29FN4O2S/c1-5-23-21(24-13-12-17-10-11-19(22)14-16(17)2)25-15-18-8-6-7-9-20(18)29(27,28)26(3)4/h6-11,14H,5,12-13,15H2,1-4H3,(H2,23,24,25). The van der Waals surface area contributed by atoms with E-state index in [1.807, 2.05) is 13.8 Å². The molecule has 2 N–H and O–H groups in total. The third kappa shape index (κ3) is 6.27. The Morgan fingerprint density at radius 3 is 2.48 bits per heavy atom. The Balaban J connectivity index is 2.10. The SMILES string of the molecule is CCNC(=NCc1ccccc1S(=O)(=O)N(C)C)NCCc1ccc(F)cc1C. The molecule has 0 saturated heterocycles. The number of aryl methyl sites for hydroxylation is 1. The van der Waals surface area contributed by atoms with Crippen molar-refractivity contribution in [3.8, 4) is 0 Å². The van der Waals surface area contributed by atoms with Crippen molar-refractivity contribution in [2.24, 2.45) is 4.99 Å². The lowest BCUT2D eigenvalue weighted by Gasteiger charge is -2.15. The van der Waals surface area contributed by atoms with Crippen molar-refractivity contribution in [1.29, 1.82) is 0 Å². The van der Waals surface area contributed by atoms with Crippen LogP contribution in [-0.4, -0.2) is 45.9 Å². The number of nitrogens with one attached hydrogen (secondary N) is 2. The Morgan fingerprint density at radius 2 is 1.83 bits per heavy atom.